The minimum Gasteiger partial charge on any atom is -0.385 e. The summed E-state index contributed by atoms with van der Waals surface area (Å²) in [7, 11) is 0. The second-order valence-corrected chi connectivity index (χ2v) is 6.62. The van der Waals surface area contributed by atoms with Crippen molar-refractivity contribution in [2.75, 3.05) is 31.2 Å². The largest absolute Gasteiger partial charge is 0.385 e. The Morgan fingerprint density at radius 3 is 2.83 bits per heavy atom. The van der Waals surface area contributed by atoms with E-state index in [1.165, 1.54) is 0 Å². The molecule has 1 N–H and O–H groups in total. The van der Waals surface area contributed by atoms with Crippen molar-refractivity contribution in [3.8, 4) is 0 Å². The van der Waals surface area contributed by atoms with E-state index in [2.05, 4.69) is 25.9 Å². The van der Waals surface area contributed by atoms with Crippen LogP contribution >= 0.6 is 0 Å². The summed E-state index contributed by atoms with van der Waals surface area (Å²) in [5, 5.41) is 10.9. The first-order chi connectivity index (χ1) is 11.7. The van der Waals surface area contributed by atoms with Crippen LogP contribution in [0.4, 0.5) is 5.82 Å². The molecule has 2 fully saturated rings. The highest BCUT2D eigenvalue weighted by Gasteiger charge is 2.34. The Morgan fingerprint density at radius 1 is 1.25 bits per heavy atom. The van der Waals surface area contributed by atoms with Crippen molar-refractivity contribution in [2.24, 2.45) is 0 Å². The molecule has 6 nitrogen and oxygen atoms in total. The zero-order valence-corrected chi connectivity index (χ0v) is 13.6. The van der Waals surface area contributed by atoms with Gasteiger partial charge in [-0.2, -0.15) is 0 Å². The third-order valence-corrected chi connectivity index (χ3v) is 5.14. The van der Waals surface area contributed by atoms with Crippen molar-refractivity contribution in [3.05, 3.63) is 48.2 Å². The summed E-state index contributed by atoms with van der Waals surface area (Å²) in [6, 6.07) is 5.90. The van der Waals surface area contributed by atoms with Crippen LogP contribution in [0.1, 0.15) is 36.4 Å². The molecule has 2 aliphatic rings. The van der Waals surface area contributed by atoms with E-state index in [9.17, 15) is 5.11 Å². The van der Waals surface area contributed by atoms with Gasteiger partial charge in [0.15, 0.2) is 0 Å². The maximum atomic E-state index is 10.9. The Bertz CT molecular complexity index is 680. The lowest BCUT2D eigenvalue weighted by molar-refractivity contribution is 0.0113. The monoisotopic (exact) mass is 326 g/mol. The molecule has 2 aliphatic heterocycles. The number of aromatic nitrogens is 3. The van der Waals surface area contributed by atoms with Gasteiger partial charge >= 0.3 is 0 Å². The molecule has 0 amide bonds. The van der Waals surface area contributed by atoms with Crippen LogP contribution in [0.25, 0.3) is 0 Å². The van der Waals surface area contributed by atoms with Crippen molar-refractivity contribution in [1.82, 2.24) is 15.0 Å². The standard InChI is InChI=1S/C18H22N4O2/c23-18(15-2-1-6-19-11-15)4-7-22(8-5-18)17-10-16(20-13-21-17)14-3-9-24-12-14/h1-2,6,10-11,13-14,23H,3-5,7-9,12H2. The minimum absolute atomic E-state index is 0.379. The average Bonchev–Trinajstić information content (AvgIpc) is 3.18. The van der Waals surface area contributed by atoms with Crippen LogP contribution < -0.4 is 4.90 Å². The fourth-order valence-electron chi connectivity index (χ4n) is 3.56. The second kappa shape index (κ2) is 6.45. The van der Waals surface area contributed by atoms with E-state index in [-0.39, 0.29) is 0 Å². The number of aliphatic hydroxyl groups is 1. The van der Waals surface area contributed by atoms with Crippen LogP contribution in [0.5, 0.6) is 0 Å². The highest BCUT2D eigenvalue weighted by atomic mass is 16.5. The molecular formula is C18H22N4O2. The summed E-state index contributed by atoms with van der Waals surface area (Å²) in [5.41, 5.74) is 1.17. The molecule has 1 atom stereocenters. The SMILES string of the molecule is OC1(c2cccnc2)CCN(c2cc(C3CCOC3)ncn2)CC1. The molecular weight excluding hydrogens is 304 g/mol. The van der Waals surface area contributed by atoms with Gasteiger partial charge < -0.3 is 14.7 Å². The van der Waals surface area contributed by atoms with E-state index < -0.39 is 5.60 Å². The number of anilines is 1. The van der Waals surface area contributed by atoms with Crippen molar-refractivity contribution >= 4 is 5.82 Å². The lowest BCUT2D eigenvalue weighted by atomic mass is 9.85. The topological polar surface area (TPSA) is 71.4 Å². The lowest BCUT2D eigenvalue weighted by Gasteiger charge is -2.39. The van der Waals surface area contributed by atoms with Gasteiger partial charge in [-0.3, -0.25) is 4.98 Å². The first-order valence-electron chi connectivity index (χ1n) is 8.52. The van der Waals surface area contributed by atoms with Gasteiger partial charge in [0.1, 0.15) is 12.1 Å². The maximum Gasteiger partial charge on any atom is 0.132 e. The van der Waals surface area contributed by atoms with E-state index in [4.69, 9.17) is 4.74 Å². The predicted octanol–water partition coefficient (Wildman–Crippen LogP) is 1.86. The molecule has 0 spiro atoms. The van der Waals surface area contributed by atoms with Crippen LogP contribution in [0.15, 0.2) is 36.9 Å². The Morgan fingerprint density at radius 2 is 2.12 bits per heavy atom. The number of ether oxygens (including phenoxy) is 1. The van der Waals surface area contributed by atoms with Gasteiger partial charge in [0.2, 0.25) is 0 Å². The molecule has 6 heteroatoms. The molecule has 126 valence electrons. The van der Waals surface area contributed by atoms with Gasteiger partial charge in [-0.05, 0) is 25.3 Å². The van der Waals surface area contributed by atoms with Crippen LogP contribution in [0.3, 0.4) is 0 Å². The first kappa shape index (κ1) is 15.5. The molecule has 4 rings (SSSR count). The zero-order valence-electron chi connectivity index (χ0n) is 13.6. The second-order valence-electron chi connectivity index (χ2n) is 6.62. The summed E-state index contributed by atoms with van der Waals surface area (Å²) in [4.78, 5) is 15.2. The highest BCUT2D eigenvalue weighted by molar-refractivity contribution is 5.41. The van der Waals surface area contributed by atoms with Gasteiger partial charge in [-0.25, -0.2) is 9.97 Å². The van der Waals surface area contributed by atoms with Crippen LogP contribution in [-0.4, -0.2) is 46.4 Å². The highest BCUT2D eigenvalue weighted by Crippen LogP contribution is 2.34. The quantitative estimate of drug-likeness (QED) is 0.928. The summed E-state index contributed by atoms with van der Waals surface area (Å²) in [5.74, 6) is 1.32. The Hall–Kier alpha value is -2.05. The third-order valence-electron chi connectivity index (χ3n) is 5.14. The Labute approximate surface area is 141 Å². The minimum atomic E-state index is -0.792. The zero-order chi connectivity index (χ0) is 16.4. The van der Waals surface area contributed by atoms with Crippen LogP contribution in [0.2, 0.25) is 0 Å². The summed E-state index contributed by atoms with van der Waals surface area (Å²) in [6.45, 7) is 3.09. The van der Waals surface area contributed by atoms with Crippen molar-refractivity contribution < 1.29 is 9.84 Å². The maximum absolute atomic E-state index is 10.9. The van der Waals surface area contributed by atoms with E-state index >= 15 is 0 Å². The third kappa shape index (κ3) is 2.99. The van der Waals surface area contributed by atoms with Crippen molar-refractivity contribution in [1.29, 1.82) is 0 Å². The molecule has 0 radical (unpaired) electrons. The summed E-state index contributed by atoms with van der Waals surface area (Å²) < 4.78 is 5.46. The molecule has 2 saturated heterocycles. The van der Waals surface area contributed by atoms with Crippen molar-refractivity contribution in [3.63, 3.8) is 0 Å². The smallest absolute Gasteiger partial charge is 0.132 e. The van der Waals surface area contributed by atoms with Gasteiger partial charge in [0.25, 0.3) is 0 Å². The fraction of sp³-hybridized carbons (Fsp3) is 0.500. The van der Waals surface area contributed by atoms with Gasteiger partial charge in [-0.15, -0.1) is 0 Å². The van der Waals surface area contributed by atoms with Crippen LogP contribution in [-0.2, 0) is 10.3 Å². The number of pyridine rings is 1. The summed E-state index contributed by atoms with van der Waals surface area (Å²) >= 11 is 0. The number of hydrogen-bond acceptors (Lipinski definition) is 6. The molecule has 4 heterocycles. The molecule has 2 aromatic rings. The van der Waals surface area contributed by atoms with E-state index in [1.54, 1.807) is 18.7 Å². The number of rotatable bonds is 3. The van der Waals surface area contributed by atoms with Gasteiger partial charge in [-0.1, -0.05) is 6.07 Å². The molecule has 0 aromatic carbocycles. The Balaban J connectivity index is 1.47. The van der Waals surface area contributed by atoms with Gasteiger partial charge in [0.05, 0.1) is 17.9 Å². The number of piperidine rings is 1. The molecule has 0 aliphatic carbocycles. The van der Waals surface area contributed by atoms with Gasteiger partial charge in [0, 0.05) is 49.6 Å². The number of nitrogens with zero attached hydrogens (tertiary/aromatic N) is 4. The van der Waals surface area contributed by atoms with E-state index in [0.29, 0.717) is 18.8 Å². The summed E-state index contributed by atoms with van der Waals surface area (Å²) in [6.07, 6.45) is 7.51. The molecule has 0 saturated carbocycles. The molecule has 1 unspecified atom stereocenters. The fourth-order valence-corrected chi connectivity index (χ4v) is 3.56. The molecule has 0 bridgehead atoms. The first-order valence-corrected chi connectivity index (χ1v) is 8.52. The molecule has 2 aromatic heterocycles. The predicted molar refractivity (Wildman–Crippen MR) is 89.8 cm³/mol. The average molecular weight is 326 g/mol. The Kier molecular flexibility index (Phi) is 4.16. The van der Waals surface area contributed by atoms with E-state index in [0.717, 1.165) is 49.8 Å². The number of hydrogen-bond donors (Lipinski definition) is 1. The van der Waals surface area contributed by atoms with Crippen LogP contribution in [0, 0.1) is 0 Å². The normalized spacial score (nSPS) is 23.4. The lowest BCUT2D eigenvalue weighted by Crippen LogP contribution is -2.43. The van der Waals surface area contributed by atoms with E-state index in [1.807, 2.05) is 12.1 Å². The molecule has 24 heavy (non-hydrogen) atoms. The van der Waals surface area contributed by atoms with Crippen molar-refractivity contribution in [2.45, 2.75) is 30.8 Å².